The van der Waals surface area contributed by atoms with Crippen molar-refractivity contribution in [3.63, 3.8) is 0 Å². The standard InChI is InChI=1S/C16H23N7S/c1-3-4-13-9-14(23-15(20-13)18-11-19-23)21-5-7-22(8-6-21)16-17-10-12(2)24-16/h9,11-12H,3-8,10H2,1-2H3/t12-/m1/s1. The maximum absolute atomic E-state index is 4.67. The Bertz CT molecular complexity index is 748. The van der Waals surface area contributed by atoms with Crippen molar-refractivity contribution in [1.29, 1.82) is 0 Å². The van der Waals surface area contributed by atoms with Gasteiger partial charge in [-0.1, -0.05) is 32.0 Å². The molecule has 0 aromatic carbocycles. The van der Waals surface area contributed by atoms with E-state index in [-0.39, 0.29) is 0 Å². The van der Waals surface area contributed by atoms with E-state index in [0.717, 1.165) is 57.1 Å². The summed E-state index contributed by atoms with van der Waals surface area (Å²) in [6.45, 7) is 9.31. The van der Waals surface area contributed by atoms with Crippen LogP contribution in [-0.4, -0.2) is 67.6 Å². The molecule has 2 aromatic heterocycles. The van der Waals surface area contributed by atoms with Gasteiger partial charge in [0, 0.05) is 43.2 Å². The van der Waals surface area contributed by atoms with Crippen molar-refractivity contribution in [2.45, 2.75) is 31.9 Å². The Morgan fingerprint density at radius 1 is 1.21 bits per heavy atom. The molecule has 0 N–H and O–H groups in total. The number of aliphatic imine (C=N–C) groups is 1. The van der Waals surface area contributed by atoms with Crippen molar-refractivity contribution >= 4 is 28.5 Å². The van der Waals surface area contributed by atoms with E-state index in [2.05, 4.69) is 49.8 Å². The molecule has 24 heavy (non-hydrogen) atoms. The van der Waals surface area contributed by atoms with Crippen molar-refractivity contribution < 1.29 is 0 Å². The molecule has 2 aliphatic rings. The zero-order chi connectivity index (χ0) is 16.5. The number of aromatic nitrogens is 4. The molecule has 0 aliphatic carbocycles. The molecular weight excluding hydrogens is 322 g/mol. The number of hydrogen-bond acceptors (Lipinski definition) is 7. The van der Waals surface area contributed by atoms with Crippen LogP contribution in [0.15, 0.2) is 17.4 Å². The molecule has 0 spiro atoms. The zero-order valence-electron chi connectivity index (χ0n) is 14.2. The van der Waals surface area contributed by atoms with Crippen LogP contribution in [0.1, 0.15) is 26.0 Å². The number of thioether (sulfide) groups is 1. The first-order valence-corrected chi connectivity index (χ1v) is 9.53. The van der Waals surface area contributed by atoms with Gasteiger partial charge >= 0.3 is 0 Å². The molecule has 2 aromatic rings. The van der Waals surface area contributed by atoms with Gasteiger partial charge < -0.3 is 9.80 Å². The summed E-state index contributed by atoms with van der Waals surface area (Å²) < 4.78 is 1.86. The van der Waals surface area contributed by atoms with E-state index >= 15 is 0 Å². The highest BCUT2D eigenvalue weighted by atomic mass is 32.2. The Morgan fingerprint density at radius 2 is 2.00 bits per heavy atom. The second-order valence-corrected chi connectivity index (χ2v) is 7.76. The number of rotatable bonds is 3. The number of amidine groups is 1. The van der Waals surface area contributed by atoms with Crippen LogP contribution < -0.4 is 4.90 Å². The van der Waals surface area contributed by atoms with Crippen LogP contribution in [0.2, 0.25) is 0 Å². The monoisotopic (exact) mass is 345 g/mol. The van der Waals surface area contributed by atoms with Gasteiger partial charge in [-0.2, -0.15) is 14.6 Å². The lowest BCUT2D eigenvalue weighted by molar-refractivity contribution is 0.389. The van der Waals surface area contributed by atoms with Crippen molar-refractivity contribution in [1.82, 2.24) is 24.5 Å². The summed E-state index contributed by atoms with van der Waals surface area (Å²) in [7, 11) is 0. The lowest BCUT2D eigenvalue weighted by Crippen LogP contribution is -2.48. The average Bonchev–Trinajstić information content (AvgIpc) is 3.23. The van der Waals surface area contributed by atoms with Crippen LogP contribution >= 0.6 is 11.8 Å². The molecule has 0 saturated carbocycles. The molecule has 0 amide bonds. The Kier molecular flexibility index (Phi) is 4.30. The Labute approximate surface area is 146 Å². The predicted octanol–water partition coefficient (Wildman–Crippen LogP) is 1.69. The zero-order valence-corrected chi connectivity index (χ0v) is 15.0. The highest BCUT2D eigenvalue weighted by Gasteiger charge is 2.26. The average molecular weight is 345 g/mol. The summed E-state index contributed by atoms with van der Waals surface area (Å²) in [5.41, 5.74) is 1.10. The number of piperazine rings is 1. The summed E-state index contributed by atoms with van der Waals surface area (Å²) in [5.74, 6) is 1.80. The highest BCUT2D eigenvalue weighted by molar-refractivity contribution is 8.14. The minimum Gasteiger partial charge on any atom is -0.353 e. The van der Waals surface area contributed by atoms with Gasteiger partial charge in [-0.05, 0) is 6.42 Å². The minimum absolute atomic E-state index is 0.615. The van der Waals surface area contributed by atoms with Crippen LogP contribution in [0, 0.1) is 0 Å². The van der Waals surface area contributed by atoms with E-state index in [1.165, 1.54) is 5.17 Å². The number of fused-ring (bicyclic) bond motifs is 1. The minimum atomic E-state index is 0.615. The maximum Gasteiger partial charge on any atom is 0.254 e. The van der Waals surface area contributed by atoms with Crippen LogP contribution in [-0.2, 0) is 6.42 Å². The highest BCUT2D eigenvalue weighted by Crippen LogP contribution is 2.25. The van der Waals surface area contributed by atoms with Crippen LogP contribution in [0.25, 0.3) is 5.78 Å². The summed E-state index contributed by atoms with van der Waals surface area (Å²) in [6, 6.07) is 2.17. The summed E-state index contributed by atoms with van der Waals surface area (Å²) in [4.78, 5) is 18.4. The van der Waals surface area contributed by atoms with Crippen LogP contribution in [0.4, 0.5) is 5.82 Å². The molecule has 0 bridgehead atoms. The van der Waals surface area contributed by atoms with Gasteiger partial charge in [0.2, 0.25) is 0 Å². The topological polar surface area (TPSA) is 61.9 Å². The van der Waals surface area contributed by atoms with Gasteiger partial charge in [0.25, 0.3) is 5.78 Å². The molecule has 7 nitrogen and oxygen atoms in total. The fourth-order valence-electron chi connectivity index (χ4n) is 3.22. The quantitative estimate of drug-likeness (QED) is 0.844. The van der Waals surface area contributed by atoms with Gasteiger partial charge in [0.1, 0.15) is 12.1 Å². The van der Waals surface area contributed by atoms with E-state index in [1.54, 1.807) is 6.33 Å². The molecule has 4 rings (SSSR count). The van der Waals surface area contributed by atoms with Crippen LogP contribution in [0.5, 0.6) is 0 Å². The number of anilines is 1. The number of aryl methyl sites for hydroxylation is 1. The van der Waals surface area contributed by atoms with Crippen LogP contribution in [0.3, 0.4) is 0 Å². The molecule has 1 atom stereocenters. The molecular formula is C16H23N7S. The lowest BCUT2D eigenvalue weighted by atomic mass is 10.2. The van der Waals surface area contributed by atoms with E-state index in [0.29, 0.717) is 11.0 Å². The first kappa shape index (κ1) is 15.7. The van der Waals surface area contributed by atoms with Gasteiger partial charge in [-0.25, -0.2) is 4.98 Å². The molecule has 4 heterocycles. The van der Waals surface area contributed by atoms with Crippen molar-refractivity contribution in [2.75, 3.05) is 37.6 Å². The second kappa shape index (κ2) is 6.58. The normalized spacial score (nSPS) is 21.6. The summed E-state index contributed by atoms with van der Waals surface area (Å²) in [5, 5.41) is 6.19. The lowest BCUT2D eigenvalue weighted by Gasteiger charge is -2.36. The molecule has 0 radical (unpaired) electrons. The predicted molar refractivity (Wildman–Crippen MR) is 97.9 cm³/mol. The molecule has 2 aliphatic heterocycles. The van der Waals surface area contributed by atoms with Gasteiger partial charge in [0.15, 0.2) is 5.17 Å². The molecule has 1 saturated heterocycles. The first-order valence-electron chi connectivity index (χ1n) is 8.65. The Balaban J connectivity index is 1.53. The fourth-order valence-corrected chi connectivity index (χ4v) is 4.21. The second-order valence-electron chi connectivity index (χ2n) is 6.35. The third-order valence-corrected chi connectivity index (χ3v) is 5.61. The largest absolute Gasteiger partial charge is 0.353 e. The van der Waals surface area contributed by atoms with E-state index < -0.39 is 0 Å². The number of hydrogen-bond donors (Lipinski definition) is 0. The molecule has 128 valence electrons. The SMILES string of the molecule is CCCc1cc(N2CCN(C3=NC[C@@H](C)S3)CC2)n2ncnc2n1. The smallest absolute Gasteiger partial charge is 0.254 e. The van der Waals surface area contributed by atoms with Crippen molar-refractivity contribution in [3.8, 4) is 0 Å². The molecule has 0 unspecified atom stereocenters. The van der Waals surface area contributed by atoms with Gasteiger partial charge in [0.05, 0.1) is 6.54 Å². The van der Waals surface area contributed by atoms with E-state index in [9.17, 15) is 0 Å². The van der Waals surface area contributed by atoms with Gasteiger partial charge in [-0.3, -0.25) is 4.99 Å². The third kappa shape index (κ3) is 2.94. The number of nitrogens with zero attached hydrogens (tertiary/aromatic N) is 7. The maximum atomic E-state index is 4.67. The van der Waals surface area contributed by atoms with Crippen molar-refractivity contribution in [3.05, 3.63) is 18.1 Å². The molecule has 1 fully saturated rings. The first-order chi connectivity index (χ1) is 11.7. The van der Waals surface area contributed by atoms with Gasteiger partial charge in [-0.15, -0.1) is 0 Å². The molecule has 8 heteroatoms. The van der Waals surface area contributed by atoms with E-state index in [1.807, 2.05) is 16.3 Å². The van der Waals surface area contributed by atoms with Crippen molar-refractivity contribution in [2.24, 2.45) is 4.99 Å². The Morgan fingerprint density at radius 3 is 2.71 bits per heavy atom. The summed E-state index contributed by atoms with van der Waals surface area (Å²) in [6.07, 6.45) is 3.64. The summed E-state index contributed by atoms with van der Waals surface area (Å²) >= 11 is 1.90. The third-order valence-electron chi connectivity index (χ3n) is 4.46. The fraction of sp³-hybridized carbons (Fsp3) is 0.625. The van der Waals surface area contributed by atoms with E-state index in [4.69, 9.17) is 0 Å². The Hall–Kier alpha value is -1.83.